The number of nitrogens with one attached hydrogen (secondary N) is 1. The number of piperidine rings is 1. The highest BCUT2D eigenvalue weighted by molar-refractivity contribution is 5.97. The zero-order valence-corrected chi connectivity index (χ0v) is 25.8. The minimum atomic E-state index is -0.632. The molecule has 10 nitrogen and oxygen atoms in total. The summed E-state index contributed by atoms with van der Waals surface area (Å²) in [5.41, 5.74) is 8.37. The second-order valence-corrected chi connectivity index (χ2v) is 11.5. The van der Waals surface area contributed by atoms with E-state index >= 15 is 0 Å². The number of aryl methyl sites for hydroxylation is 1. The molecule has 0 radical (unpaired) electrons. The summed E-state index contributed by atoms with van der Waals surface area (Å²) >= 11 is 0. The first-order valence-electron chi connectivity index (χ1n) is 15.9. The third kappa shape index (κ3) is 9.05. The molecule has 0 aliphatic carbocycles. The number of unbranched alkanes of at least 4 members (excludes halogenated alkanes) is 3. The topological polar surface area (TPSA) is 131 Å². The minimum absolute atomic E-state index is 0.00698. The van der Waals surface area contributed by atoms with E-state index in [0.29, 0.717) is 63.2 Å². The molecule has 3 amide bonds. The van der Waals surface area contributed by atoms with Crippen molar-refractivity contribution in [1.82, 2.24) is 10.2 Å². The molecule has 1 saturated heterocycles. The maximum absolute atomic E-state index is 13.2. The van der Waals surface area contributed by atoms with Crippen LogP contribution in [0.4, 0.5) is 5.69 Å². The number of anilines is 1. The fourth-order valence-electron chi connectivity index (χ4n) is 5.96. The predicted molar refractivity (Wildman–Crippen MR) is 168 cm³/mol. The van der Waals surface area contributed by atoms with E-state index in [1.165, 1.54) is 12.7 Å². The van der Waals surface area contributed by atoms with Crippen LogP contribution in [0.25, 0.3) is 0 Å². The average Bonchev–Trinajstić information content (AvgIpc) is 3.05. The summed E-state index contributed by atoms with van der Waals surface area (Å²) in [6.45, 7) is 2.28. The number of benzene rings is 2. The van der Waals surface area contributed by atoms with E-state index in [-0.39, 0.29) is 23.8 Å². The van der Waals surface area contributed by atoms with Crippen LogP contribution < -0.4 is 20.7 Å². The van der Waals surface area contributed by atoms with Crippen molar-refractivity contribution in [3.63, 3.8) is 0 Å². The third-order valence-electron chi connectivity index (χ3n) is 8.43. The van der Waals surface area contributed by atoms with Gasteiger partial charge >= 0.3 is 5.97 Å². The van der Waals surface area contributed by atoms with Crippen molar-refractivity contribution in [1.29, 1.82) is 0 Å². The first-order chi connectivity index (χ1) is 21.4. The van der Waals surface area contributed by atoms with Gasteiger partial charge in [0.25, 0.3) is 5.91 Å². The highest BCUT2D eigenvalue weighted by atomic mass is 16.5. The molecular weight excluding hydrogens is 560 g/mol. The number of esters is 1. The number of carbonyl (C=O) groups is 4. The molecule has 4 rings (SSSR count). The lowest BCUT2D eigenvalue weighted by atomic mass is 9.95. The molecule has 2 aliphatic rings. The van der Waals surface area contributed by atoms with Gasteiger partial charge in [0.05, 0.1) is 13.7 Å². The van der Waals surface area contributed by atoms with Gasteiger partial charge in [-0.2, -0.15) is 0 Å². The molecule has 1 atom stereocenters. The predicted octanol–water partition coefficient (Wildman–Crippen LogP) is 4.00. The highest BCUT2D eigenvalue weighted by Gasteiger charge is 2.33. The van der Waals surface area contributed by atoms with Gasteiger partial charge in [-0.1, -0.05) is 18.2 Å². The van der Waals surface area contributed by atoms with Crippen LogP contribution in [0.2, 0.25) is 0 Å². The number of likely N-dealkylation sites (tertiary alicyclic amines) is 1. The van der Waals surface area contributed by atoms with Gasteiger partial charge in [0.2, 0.25) is 11.8 Å². The monoisotopic (exact) mass is 606 g/mol. The molecule has 0 unspecified atom stereocenters. The molecule has 44 heavy (non-hydrogen) atoms. The number of nitrogens with zero attached hydrogens (tertiary/aromatic N) is 2. The summed E-state index contributed by atoms with van der Waals surface area (Å²) in [5.74, 6) is 0.265. The Morgan fingerprint density at radius 3 is 2.43 bits per heavy atom. The largest absolute Gasteiger partial charge is 0.494 e. The number of rotatable bonds is 15. The SMILES string of the molecule is COC(=O)[C@H](CCCCN)NC(=O)CCCCCOc1ccc(C(=O)N2CCC(N3C(=O)CCc4ccccc43)CC2)cc1. The van der Waals surface area contributed by atoms with E-state index in [9.17, 15) is 19.2 Å². The summed E-state index contributed by atoms with van der Waals surface area (Å²) in [6.07, 6.45) is 7.52. The molecule has 2 aromatic rings. The number of carbonyl (C=O) groups excluding carboxylic acids is 4. The van der Waals surface area contributed by atoms with Crippen molar-refractivity contribution in [2.24, 2.45) is 5.73 Å². The lowest BCUT2D eigenvalue weighted by Gasteiger charge is -2.41. The van der Waals surface area contributed by atoms with Crippen LogP contribution in [-0.2, 0) is 25.5 Å². The summed E-state index contributed by atoms with van der Waals surface area (Å²) in [6, 6.07) is 14.8. The number of ether oxygens (including phenoxy) is 2. The van der Waals surface area contributed by atoms with Crippen molar-refractivity contribution >= 4 is 29.4 Å². The van der Waals surface area contributed by atoms with E-state index in [2.05, 4.69) is 11.4 Å². The van der Waals surface area contributed by atoms with Gasteiger partial charge in [-0.3, -0.25) is 14.4 Å². The molecule has 3 N–H and O–H groups in total. The Morgan fingerprint density at radius 2 is 1.70 bits per heavy atom. The summed E-state index contributed by atoms with van der Waals surface area (Å²) < 4.78 is 10.6. The quantitative estimate of drug-likeness (QED) is 0.232. The number of methoxy groups -OCH3 is 1. The van der Waals surface area contributed by atoms with Crippen LogP contribution in [0.1, 0.15) is 80.1 Å². The van der Waals surface area contributed by atoms with Crippen molar-refractivity contribution in [3.8, 4) is 5.75 Å². The molecule has 0 bridgehead atoms. The van der Waals surface area contributed by atoms with E-state index in [1.54, 1.807) is 12.1 Å². The van der Waals surface area contributed by atoms with Crippen LogP contribution in [0, 0.1) is 0 Å². The minimum Gasteiger partial charge on any atom is -0.494 e. The number of hydrogen-bond donors (Lipinski definition) is 2. The van der Waals surface area contributed by atoms with Gasteiger partial charge in [0.15, 0.2) is 0 Å². The molecule has 238 valence electrons. The zero-order chi connectivity index (χ0) is 31.3. The third-order valence-corrected chi connectivity index (χ3v) is 8.43. The molecule has 2 heterocycles. The molecule has 0 saturated carbocycles. The van der Waals surface area contributed by atoms with Gasteiger partial charge in [-0.25, -0.2) is 4.79 Å². The normalized spacial score (nSPS) is 15.8. The number of para-hydroxylation sites is 1. The van der Waals surface area contributed by atoms with Gasteiger partial charge in [0, 0.05) is 43.2 Å². The summed E-state index contributed by atoms with van der Waals surface area (Å²) in [4.78, 5) is 54.0. The van der Waals surface area contributed by atoms with E-state index in [1.807, 2.05) is 40.1 Å². The smallest absolute Gasteiger partial charge is 0.328 e. The molecule has 0 aromatic heterocycles. The van der Waals surface area contributed by atoms with Crippen molar-refractivity contribution in [3.05, 3.63) is 59.7 Å². The Hall–Kier alpha value is -3.92. The van der Waals surface area contributed by atoms with Crippen molar-refractivity contribution in [2.75, 3.05) is 38.3 Å². The Labute approximate surface area is 260 Å². The molecular formula is C34H46N4O6. The second kappa shape index (κ2) is 16.8. The van der Waals surface area contributed by atoms with Crippen LogP contribution in [0.3, 0.4) is 0 Å². The molecule has 1 fully saturated rings. The van der Waals surface area contributed by atoms with Crippen LogP contribution in [0.5, 0.6) is 5.75 Å². The lowest BCUT2D eigenvalue weighted by molar-refractivity contribution is -0.145. The summed E-state index contributed by atoms with van der Waals surface area (Å²) in [7, 11) is 1.32. The van der Waals surface area contributed by atoms with Crippen LogP contribution >= 0.6 is 0 Å². The maximum atomic E-state index is 13.2. The molecule has 0 spiro atoms. The standard InChI is InChI=1S/C34H46N4O6/c1-43-34(42)29(10-6-7-21-35)36-31(39)12-3-2-8-24-44-28-16-13-26(14-17-28)33(41)37-22-19-27(20-23-37)38-30-11-5-4-9-25(30)15-18-32(38)40/h4-5,9,11,13-14,16-17,27,29H,2-3,6-8,10,12,15,18-24,35H2,1H3,(H,36,39)/t29-/m0/s1. The van der Waals surface area contributed by atoms with Crippen molar-refractivity contribution < 1.29 is 28.7 Å². The second-order valence-electron chi connectivity index (χ2n) is 11.5. The molecule has 2 aliphatic heterocycles. The van der Waals surface area contributed by atoms with Gasteiger partial charge in [-0.05, 0) is 100 Å². The van der Waals surface area contributed by atoms with Gasteiger partial charge in [-0.15, -0.1) is 0 Å². The van der Waals surface area contributed by atoms with E-state index in [0.717, 1.165) is 50.6 Å². The van der Waals surface area contributed by atoms with E-state index < -0.39 is 12.0 Å². The Bertz CT molecular complexity index is 1260. The van der Waals surface area contributed by atoms with Crippen LogP contribution in [0.15, 0.2) is 48.5 Å². The molecule has 10 heteroatoms. The fraction of sp³-hybridized carbons (Fsp3) is 0.529. The number of fused-ring (bicyclic) bond motifs is 1. The maximum Gasteiger partial charge on any atom is 0.328 e. The zero-order valence-electron chi connectivity index (χ0n) is 25.8. The van der Waals surface area contributed by atoms with E-state index in [4.69, 9.17) is 15.2 Å². The Kier molecular flexibility index (Phi) is 12.6. The number of hydrogen-bond acceptors (Lipinski definition) is 7. The van der Waals surface area contributed by atoms with Crippen molar-refractivity contribution in [2.45, 2.75) is 82.7 Å². The molecule has 2 aromatic carbocycles. The summed E-state index contributed by atoms with van der Waals surface area (Å²) in [5, 5.41) is 2.77. The van der Waals surface area contributed by atoms with Gasteiger partial charge in [0.1, 0.15) is 11.8 Å². The van der Waals surface area contributed by atoms with Gasteiger partial charge < -0.3 is 30.3 Å². The first kappa shape index (κ1) is 33.0. The number of amides is 3. The Balaban J connectivity index is 1.14. The Morgan fingerprint density at radius 1 is 0.955 bits per heavy atom. The average molecular weight is 607 g/mol. The lowest BCUT2D eigenvalue weighted by Crippen LogP contribution is -2.50. The first-order valence-corrected chi connectivity index (χ1v) is 15.9. The van der Waals surface area contributed by atoms with Crippen LogP contribution in [-0.4, -0.2) is 74.0 Å². The number of nitrogens with two attached hydrogens (primary N) is 1. The highest BCUT2D eigenvalue weighted by Crippen LogP contribution is 2.32. The fourth-order valence-corrected chi connectivity index (χ4v) is 5.96.